The number of benzene rings is 1. The lowest BCUT2D eigenvalue weighted by Gasteiger charge is -2.29. The Labute approximate surface area is 115 Å². The molecule has 0 aromatic heterocycles. The van der Waals surface area contributed by atoms with Crippen LogP contribution in [0, 0.1) is 5.92 Å². The second kappa shape index (κ2) is 5.93. The molecule has 1 fully saturated rings. The number of aliphatic hydroxyl groups excluding tert-OH is 1. The molecule has 2 aliphatic rings. The van der Waals surface area contributed by atoms with Gasteiger partial charge in [-0.3, -0.25) is 0 Å². The van der Waals surface area contributed by atoms with Gasteiger partial charge in [-0.15, -0.1) is 0 Å². The summed E-state index contributed by atoms with van der Waals surface area (Å²) in [6, 6.07) is 8.45. The summed E-state index contributed by atoms with van der Waals surface area (Å²) in [7, 11) is 0. The van der Waals surface area contributed by atoms with E-state index < -0.39 is 0 Å². The molecule has 3 rings (SSSR count). The summed E-state index contributed by atoms with van der Waals surface area (Å²) in [6.45, 7) is 4.65. The standard InChI is InChI=1S/C16H23NO2/c18-9-6-13-5-8-17(11-13)12-14-7-10-19-16-4-2-1-3-15(14)16/h1-4,13-14,18H,5-12H2. The topological polar surface area (TPSA) is 32.7 Å². The maximum atomic E-state index is 9.03. The average molecular weight is 261 g/mol. The van der Waals surface area contributed by atoms with Crippen molar-refractivity contribution in [2.24, 2.45) is 5.92 Å². The van der Waals surface area contributed by atoms with E-state index in [1.54, 1.807) is 0 Å². The van der Waals surface area contributed by atoms with Gasteiger partial charge in [-0.1, -0.05) is 18.2 Å². The highest BCUT2D eigenvalue weighted by Crippen LogP contribution is 2.34. The Balaban J connectivity index is 1.62. The minimum Gasteiger partial charge on any atom is -0.493 e. The fraction of sp³-hybridized carbons (Fsp3) is 0.625. The highest BCUT2D eigenvalue weighted by Gasteiger charge is 2.27. The minimum absolute atomic E-state index is 0.332. The molecular weight excluding hydrogens is 238 g/mol. The maximum absolute atomic E-state index is 9.03. The van der Waals surface area contributed by atoms with Crippen LogP contribution in [0.5, 0.6) is 5.75 Å². The molecule has 0 bridgehead atoms. The molecule has 0 aliphatic carbocycles. The third kappa shape index (κ3) is 2.93. The van der Waals surface area contributed by atoms with Crippen LogP contribution in [0.2, 0.25) is 0 Å². The first-order valence-corrected chi connectivity index (χ1v) is 7.41. The SMILES string of the molecule is OCCC1CCN(CC2CCOc3ccccc32)C1. The maximum Gasteiger partial charge on any atom is 0.122 e. The zero-order valence-electron chi connectivity index (χ0n) is 11.4. The van der Waals surface area contributed by atoms with Crippen LogP contribution in [-0.2, 0) is 0 Å². The van der Waals surface area contributed by atoms with Gasteiger partial charge in [0.25, 0.3) is 0 Å². The van der Waals surface area contributed by atoms with Crippen LogP contribution in [0.4, 0.5) is 0 Å². The summed E-state index contributed by atoms with van der Waals surface area (Å²) in [6.07, 6.45) is 3.32. The molecule has 0 saturated carbocycles. The second-order valence-electron chi connectivity index (χ2n) is 5.80. The van der Waals surface area contributed by atoms with Crippen LogP contribution in [0.25, 0.3) is 0 Å². The number of para-hydroxylation sites is 1. The van der Waals surface area contributed by atoms with Crippen LogP contribution >= 0.6 is 0 Å². The molecule has 104 valence electrons. The first-order valence-electron chi connectivity index (χ1n) is 7.41. The molecule has 1 aromatic rings. The van der Waals surface area contributed by atoms with Crippen molar-refractivity contribution >= 4 is 0 Å². The van der Waals surface area contributed by atoms with Crippen LogP contribution in [0.15, 0.2) is 24.3 Å². The summed E-state index contributed by atoms with van der Waals surface area (Å²) < 4.78 is 5.73. The van der Waals surface area contributed by atoms with Crippen molar-refractivity contribution in [1.82, 2.24) is 4.90 Å². The minimum atomic E-state index is 0.332. The lowest BCUT2D eigenvalue weighted by atomic mass is 9.92. The molecule has 1 saturated heterocycles. The van der Waals surface area contributed by atoms with E-state index in [2.05, 4.69) is 23.1 Å². The number of ether oxygens (including phenoxy) is 1. The van der Waals surface area contributed by atoms with Gasteiger partial charge in [0, 0.05) is 25.6 Å². The third-order valence-electron chi connectivity index (χ3n) is 4.47. The van der Waals surface area contributed by atoms with Crippen molar-refractivity contribution in [3.05, 3.63) is 29.8 Å². The van der Waals surface area contributed by atoms with Gasteiger partial charge in [-0.2, -0.15) is 0 Å². The quantitative estimate of drug-likeness (QED) is 0.902. The molecule has 0 amide bonds. The summed E-state index contributed by atoms with van der Waals surface area (Å²) in [4.78, 5) is 2.56. The number of nitrogens with zero attached hydrogens (tertiary/aromatic N) is 1. The van der Waals surface area contributed by atoms with E-state index >= 15 is 0 Å². The molecule has 19 heavy (non-hydrogen) atoms. The van der Waals surface area contributed by atoms with Gasteiger partial charge < -0.3 is 14.7 Å². The Hall–Kier alpha value is -1.06. The summed E-state index contributed by atoms with van der Waals surface area (Å²) >= 11 is 0. The van der Waals surface area contributed by atoms with E-state index in [0.717, 1.165) is 38.3 Å². The number of likely N-dealkylation sites (tertiary alicyclic amines) is 1. The largest absolute Gasteiger partial charge is 0.493 e. The first kappa shape index (κ1) is 12.9. The van der Waals surface area contributed by atoms with E-state index in [9.17, 15) is 0 Å². The van der Waals surface area contributed by atoms with E-state index in [1.807, 2.05) is 6.07 Å². The number of hydrogen-bond donors (Lipinski definition) is 1. The molecule has 0 spiro atoms. The zero-order chi connectivity index (χ0) is 13.1. The highest BCUT2D eigenvalue weighted by atomic mass is 16.5. The lowest BCUT2D eigenvalue weighted by Crippen LogP contribution is -2.29. The zero-order valence-corrected chi connectivity index (χ0v) is 11.4. The molecular formula is C16H23NO2. The molecule has 3 heteroatoms. The van der Waals surface area contributed by atoms with Crippen molar-refractivity contribution < 1.29 is 9.84 Å². The fourth-order valence-corrected chi connectivity index (χ4v) is 3.41. The monoisotopic (exact) mass is 261 g/mol. The molecule has 2 atom stereocenters. The first-order chi connectivity index (χ1) is 9.36. The molecule has 2 heterocycles. The van der Waals surface area contributed by atoms with E-state index in [-0.39, 0.29) is 0 Å². The van der Waals surface area contributed by atoms with Gasteiger partial charge in [-0.05, 0) is 43.4 Å². The summed E-state index contributed by atoms with van der Waals surface area (Å²) in [5.74, 6) is 2.38. The smallest absolute Gasteiger partial charge is 0.122 e. The van der Waals surface area contributed by atoms with Crippen LogP contribution in [0.1, 0.15) is 30.7 Å². The van der Waals surface area contributed by atoms with Gasteiger partial charge in [0.2, 0.25) is 0 Å². The normalized spacial score (nSPS) is 27.0. The van der Waals surface area contributed by atoms with Gasteiger partial charge >= 0.3 is 0 Å². The Kier molecular flexibility index (Phi) is 4.04. The predicted octanol–water partition coefficient (Wildman–Crippen LogP) is 2.26. The molecule has 2 unspecified atom stereocenters. The molecule has 1 N–H and O–H groups in total. The number of hydrogen-bond acceptors (Lipinski definition) is 3. The number of aliphatic hydroxyl groups is 1. The van der Waals surface area contributed by atoms with Crippen LogP contribution in [-0.4, -0.2) is 42.9 Å². The van der Waals surface area contributed by atoms with Gasteiger partial charge in [0.15, 0.2) is 0 Å². The van der Waals surface area contributed by atoms with Crippen molar-refractivity contribution in [3.63, 3.8) is 0 Å². The lowest BCUT2D eigenvalue weighted by molar-refractivity contribution is 0.221. The molecule has 3 nitrogen and oxygen atoms in total. The Morgan fingerprint density at radius 2 is 2.16 bits per heavy atom. The van der Waals surface area contributed by atoms with E-state index in [4.69, 9.17) is 9.84 Å². The molecule has 0 radical (unpaired) electrons. The average Bonchev–Trinajstić information content (AvgIpc) is 2.87. The van der Waals surface area contributed by atoms with Crippen molar-refractivity contribution in [3.8, 4) is 5.75 Å². The Bertz CT molecular complexity index is 421. The number of fused-ring (bicyclic) bond motifs is 1. The Morgan fingerprint density at radius 1 is 1.26 bits per heavy atom. The predicted molar refractivity (Wildman–Crippen MR) is 75.5 cm³/mol. The van der Waals surface area contributed by atoms with Crippen LogP contribution < -0.4 is 4.74 Å². The third-order valence-corrected chi connectivity index (χ3v) is 4.47. The van der Waals surface area contributed by atoms with Gasteiger partial charge in [-0.25, -0.2) is 0 Å². The molecule has 2 aliphatic heterocycles. The Morgan fingerprint density at radius 3 is 3.05 bits per heavy atom. The number of rotatable bonds is 4. The van der Waals surface area contributed by atoms with Gasteiger partial charge in [0.1, 0.15) is 5.75 Å². The fourth-order valence-electron chi connectivity index (χ4n) is 3.41. The summed E-state index contributed by atoms with van der Waals surface area (Å²) in [5.41, 5.74) is 1.37. The highest BCUT2D eigenvalue weighted by molar-refractivity contribution is 5.37. The van der Waals surface area contributed by atoms with Crippen molar-refractivity contribution in [1.29, 1.82) is 0 Å². The second-order valence-corrected chi connectivity index (χ2v) is 5.80. The van der Waals surface area contributed by atoms with E-state index in [1.165, 1.54) is 18.5 Å². The van der Waals surface area contributed by atoms with Crippen LogP contribution in [0.3, 0.4) is 0 Å². The van der Waals surface area contributed by atoms with Crippen molar-refractivity contribution in [2.45, 2.75) is 25.2 Å². The summed E-state index contributed by atoms with van der Waals surface area (Å²) in [5, 5.41) is 9.03. The van der Waals surface area contributed by atoms with Crippen molar-refractivity contribution in [2.75, 3.05) is 32.8 Å². The van der Waals surface area contributed by atoms with Gasteiger partial charge in [0.05, 0.1) is 6.61 Å². The van der Waals surface area contributed by atoms with E-state index in [0.29, 0.717) is 18.4 Å². The molecule has 1 aromatic carbocycles.